The van der Waals surface area contributed by atoms with Gasteiger partial charge in [-0.2, -0.15) is 0 Å². The summed E-state index contributed by atoms with van der Waals surface area (Å²) in [5, 5.41) is 2.13. The fourth-order valence-corrected chi connectivity index (χ4v) is 4.39. The minimum Gasteiger partial charge on any atom is -0.464 e. The molecular weight excluding hydrogens is 392 g/mol. The monoisotopic (exact) mass is 424 g/mol. The third-order valence-corrected chi connectivity index (χ3v) is 6.73. The van der Waals surface area contributed by atoms with Crippen LogP contribution in [0.1, 0.15) is 93.2 Å². The van der Waals surface area contributed by atoms with Crippen molar-refractivity contribution in [2.75, 3.05) is 6.61 Å². The van der Waals surface area contributed by atoms with Crippen LogP contribution in [0, 0.1) is 5.92 Å². The normalized spacial score (nSPS) is 16.4. The molecule has 29 heavy (non-hydrogen) atoms. The molecule has 0 radical (unpaired) electrons. The Bertz CT molecular complexity index is 772. The lowest BCUT2D eigenvalue weighted by molar-refractivity contribution is -0.151. The number of hydrogen-bond donors (Lipinski definition) is 2. The minimum absolute atomic E-state index is 0.117. The number of pyridine rings is 1. The quantitative estimate of drug-likeness (QED) is 0.438. The van der Waals surface area contributed by atoms with Gasteiger partial charge < -0.3 is 14.6 Å². The van der Waals surface area contributed by atoms with Crippen molar-refractivity contribution >= 4 is 23.0 Å². The Kier molecular flexibility index (Phi) is 7.94. The van der Waals surface area contributed by atoms with Crippen LogP contribution in [0.4, 0.5) is 0 Å². The van der Waals surface area contributed by atoms with Crippen LogP contribution in [-0.4, -0.2) is 37.8 Å². The zero-order valence-corrected chi connectivity index (χ0v) is 18.7. The molecule has 0 saturated heterocycles. The topological polar surface area (TPSA) is 106 Å². The van der Waals surface area contributed by atoms with E-state index in [1.807, 2.05) is 33.8 Å². The molecule has 1 aromatic rings. The summed E-state index contributed by atoms with van der Waals surface area (Å²) in [6.07, 6.45) is 2.80. The molecule has 2 atom stereocenters. The van der Waals surface area contributed by atoms with Crippen molar-refractivity contribution in [1.82, 2.24) is 10.3 Å². The molecule has 1 aliphatic carbocycles. The molecule has 1 heterocycles. The lowest BCUT2D eigenvalue weighted by atomic mass is 9.92. The summed E-state index contributed by atoms with van der Waals surface area (Å²) in [6, 6.07) is 3.46. The molecule has 2 N–H and O–H groups in total. The van der Waals surface area contributed by atoms with Gasteiger partial charge in [0.05, 0.1) is 12.3 Å². The van der Waals surface area contributed by atoms with Gasteiger partial charge in [-0.15, -0.1) is 0 Å². The summed E-state index contributed by atoms with van der Waals surface area (Å²) in [5.74, 6) is -0.750. The number of hydrogen-bond acceptors (Lipinski definition) is 5. The highest BCUT2D eigenvalue weighted by molar-refractivity contribution is 7.79. The molecule has 2 rings (SSSR count). The van der Waals surface area contributed by atoms with Gasteiger partial charge in [-0.25, -0.2) is 14.0 Å². The molecule has 8 heteroatoms. The Hall–Kier alpha value is -1.80. The Morgan fingerprint density at radius 1 is 1.28 bits per heavy atom. The van der Waals surface area contributed by atoms with Crippen molar-refractivity contribution < 1.29 is 23.1 Å². The number of carbonyl (C=O) groups is 2. The van der Waals surface area contributed by atoms with Gasteiger partial charge in [0, 0.05) is 0 Å². The first-order valence-electron chi connectivity index (χ1n) is 10.3. The lowest BCUT2D eigenvalue weighted by Crippen LogP contribution is -2.54. The van der Waals surface area contributed by atoms with Crippen LogP contribution in [0.3, 0.4) is 0 Å². The van der Waals surface area contributed by atoms with Crippen LogP contribution in [0.15, 0.2) is 12.1 Å². The number of ether oxygens (including phenoxy) is 1. The first-order valence-corrected chi connectivity index (χ1v) is 11.5. The van der Waals surface area contributed by atoms with Crippen molar-refractivity contribution in [2.45, 2.75) is 77.0 Å². The standard InChI is InChI=1S/C21H32N2O5S/c1-6-21(7-2,20(25)28-8-3)23-19(24)16-12-11-15(14-9-10-14)17(22-16)18(13(4)5)29(26)27/h11-14,18H,6-10H2,1-5H3,(H,23,24)(H,26,27). The summed E-state index contributed by atoms with van der Waals surface area (Å²) < 4.78 is 27.0. The largest absolute Gasteiger partial charge is 0.464 e. The molecule has 0 spiro atoms. The van der Waals surface area contributed by atoms with E-state index in [-0.39, 0.29) is 18.2 Å². The molecule has 1 fully saturated rings. The van der Waals surface area contributed by atoms with E-state index in [1.165, 1.54) is 0 Å². The summed E-state index contributed by atoms with van der Waals surface area (Å²) in [5.41, 5.74) is 0.452. The SMILES string of the molecule is CCOC(=O)C(CC)(CC)NC(=O)c1ccc(C2CC2)c(C(C(C)C)S(=O)O)n1. The third-order valence-electron chi connectivity index (χ3n) is 5.53. The summed E-state index contributed by atoms with van der Waals surface area (Å²) >= 11 is -2.11. The van der Waals surface area contributed by atoms with Gasteiger partial charge in [0.15, 0.2) is 11.1 Å². The minimum atomic E-state index is -2.11. The molecule has 0 aromatic carbocycles. The van der Waals surface area contributed by atoms with E-state index in [9.17, 15) is 18.4 Å². The van der Waals surface area contributed by atoms with Gasteiger partial charge in [0.2, 0.25) is 0 Å². The average molecular weight is 425 g/mol. The molecule has 7 nitrogen and oxygen atoms in total. The summed E-state index contributed by atoms with van der Waals surface area (Å²) in [6.45, 7) is 9.32. The zero-order valence-electron chi connectivity index (χ0n) is 17.9. The molecule has 0 bridgehead atoms. The van der Waals surface area contributed by atoms with Crippen molar-refractivity contribution in [2.24, 2.45) is 5.92 Å². The highest BCUT2D eigenvalue weighted by Gasteiger charge is 2.39. The van der Waals surface area contributed by atoms with Gasteiger partial charge in [0.25, 0.3) is 5.91 Å². The molecule has 2 unspecified atom stereocenters. The molecular formula is C21H32N2O5S. The molecule has 162 valence electrons. The lowest BCUT2D eigenvalue weighted by Gasteiger charge is -2.30. The van der Waals surface area contributed by atoms with E-state index < -0.39 is 33.7 Å². The second-order valence-corrected chi connectivity index (χ2v) is 8.91. The van der Waals surface area contributed by atoms with Crippen molar-refractivity contribution in [3.63, 3.8) is 0 Å². The van der Waals surface area contributed by atoms with E-state index in [0.717, 1.165) is 18.4 Å². The second-order valence-electron chi connectivity index (χ2n) is 7.85. The van der Waals surface area contributed by atoms with Crippen LogP contribution in [0.5, 0.6) is 0 Å². The Balaban J connectivity index is 2.41. The second kappa shape index (κ2) is 9.80. The Morgan fingerprint density at radius 2 is 1.90 bits per heavy atom. The van der Waals surface area contributed by atoms with Crippen LogP contribution in [0.25, 0.3) is 0 Å². The fraction of sp³-hybridized carbons (Fsp3) is 0.667. The van der Waals surface area contributed by atoms with E-state index in [4.69, 9.17) is 4.74 Å². The van der Waals surface area contributed by atoms with Gasteiger partial charge in [-0.1, -0.05) is 33.8 Å². The number of nitrogens with one attached hydrogen (secondary N) is 1. The van der Waals surface area contributed by atoms with Gasteiger partial charge in [0.1, 0.15) is 16.5 Å². The number of aromatic nitrogens is 1. The highest BCUT2D eigenvalue weighted by Crippen LogP contribution is 2.44. The van der Waals surface area contributed by atoms with Crippen LogP contribution < -0.4 is 5.32 Å². The predicted molar refractivity (Wildman–Crippen MR) is 112 cm³/mol. The highest BCUT2D eigenvalue weighted by atomic mass is 32.2. The fourth-order valence-electron chi connectivity index (χ4n) is 3.54. The maximum Gasteiger partial charge on any atom is 0.331 e. The first kappa shape index (κ1) is 23.5. The number of rotatable bonds is 10. The van der Waals surface area contributed by atoms with Gasteiger partial charge >= 0.3 is 5.97 Å². The molecule has 0 aliphatic heterocycles. The maximum atomic E-state index is 13.0. The van der Waals surface area contributed by atoms with E-state index in [2.05, 4.69) is 10.3 Å². The Labute approximate surface area is 175 Å². The molecule has 1 aromatic heterocycles. The number of esters is 1. The number of nitrogens with zero attached hydrogens (tertiary/aromatic N) is 1. The predicted octanol–water partition coefficient (Wildman–Crippen LogP) is 3.73. The van der Waals surface area contributed by atoms with Crippen molar-refractivity contribution in [1.29, 1.82) is 0 Å². The summed E-state index contributed by atoms with van der Waals surface area (Å²) in [4.78, 5) is 30.0. The van der Waals surface area contributed by atoms with Crippen LogP contribution in [0.2, 0.25) is 0 Å². The zero-order chi connectivity index (χ0) is 21.8. The number of amides is 1. The van der Waals surface area contributed by atoms with E-state index >= 15 is 0 Å². The number of carbonyl (C=O) groups excluding carboxylic acids is 2. The van der Waals surface area contributed by atoms with Gasteiger partial charge in [-0.3, -0.25) is 4.79 Å². The first-order chi connectivity index (χ1) is 13.7. The maximum absolute atomic E-state index is 13.0. The smallest absolute Gasteiger partial charge is 0.331 e. The van der Waals surface area contributed by atoms with Crippen LogP contribution in [-0.2, 0) is 20.6 Å². The van der Waals surface area contributed by atoms with Crippen molar-refractivity contribution in [3.8, 4) is 0 Å². The van der Waals surface area contributed by atoms with Crippen molar-refractivity contribution in [3.05, 3.63) is 29.1 Å². The van der Waals surface area contributed by atoms with Crippen LogP contribution >= 0.6 is 0 Å². The Morgan fingerprint density at radius 3 is 2.34 bits per heavy atom. The van der Waals surface area contributed by atoms with E-state index in [1.54, 1.807) is 13.0 Å². The van der Waals surface area contributed by atoms with E-state index in [0.29, 0.717) is 24.5 Å². The molecule has 1 amide bonds. The average Bonchev–Trinajstić information content (AvgIpc) is 3.50. The van der Waals surface area contributed by atoms with Gasteiger partial charge in [-0.05, 0) is 56.1 Å². The summed E-state index contributed by atoms with van der Waals surface area (Å²) in [7, 11) is 0. The molecule has 1 saturated carbocycles. The molecule has 1 aliphatic rings. The third kappa shape index (κ3) is 5.22.